The molecule has 2 aromatic rings. The van der Waals surface area contributed by atoms with Gasteiger partial charge in [0.2, 0.25) is 0 Å². The van der Waals surface area contributed by atoms with Crippen LogP contribution in [0.2, 0.25) is 0 Å². The highest BCUT2D eigenvalue weighted by atomic mass is 15.3. The Balaban J connectivity index is 1.79. The lowest BCUT2D eigenvalue weighted by molar-refractivity contribution is 0.226. The zero-order valence-corrected chi connectivity index (χ0v) is 10.3. The van der Waals surface area contributed by atoms with Crippen LogP contribution >= 0.6 is 0 Å². The minimum absolute atomic E-state index is 0.858. The molecular formula is C13H17N5. The first-order valence-corrected chi connectivity index (χ1v) is 6.31. The Morgan fingerprint density at radius 3 is 2.67 bits per heavy atom. The largest absolute Gasteiger partial charge is 0.314 e. The van der Waals surface area contributed by atoms with Gasteiger partial charge in [-0.15, -0.1) is 10.2 Å². The van der Waals surface area contributed by atoms with Crippen LogP contribution in [-0.4, -0.2) is 45.8 Å². The monoisotopic (exact) mass is 243 g/mol. The van der Waals surface area contributed by atoms with Crippen molar-refractivity contribution in [1.82, 2.24) is 25.0 Å². The van der Waals surface area contributed by atoms with Crippen LogP contribution in [0.4, 0.5) is 0 Å². The Morgan fingerprint density at radius 1 is 1.11 bits per heavy atom. The standard InChI is InChI=1S/C13H17N5/c1-2-4-12(5-3-1)18-11-15-16-13(18)10-17-8-6-14-7-9-17/h1-5,11,14H,6-10H2. The lowest BCUT2D eigenvalue weighted by Gasteiger charge is -2.26. The first-order chi connectivity index (χ1) is 8.93. The molecule has 0 radical (unpaired) electrons. The molecule has 1 aromatic heterocycles. The quantitative estimate of drug-likeness (QED) is 0.861. The topological polar surface area (TPSA) is 46.0 Å². The van der Waals surface area contributed by atoms with E-state index in [4.69, 9.17) is 0 Å². The van der Waals surface area contributed by atoms with Crippen LogP contribution in [0.25, 0.3) is 5.69 Å². The maximum Gasteiger partial charge on any atom is 0.151 e. The van der Waals surface area contributed by atoms with E-state index in [0.717, 1.165) is 44.2 Å². The fraction of sp³-hybridized carbons (Fsp3) is 0.385. The summed E-state index contributed by atoms with van der Waals surface area (Å²) in [5.41, 5.74) is 1.12. The van der Waals surface area contributed by atoms with E-state index in [-0.39, 0.29) is 0 Å². The number of nitrogens with one attached hydrogen (secondary N) is 1. The molecule has 0 unspecified atom stereocenters. The molecule has 0 atom stereocenters. The van der Waals surface area contributed by atoms with Crippen molar-refractivity contribution in [2.45, 2.75) is 6.54 Å². The van der Waals surface area contributed by atoms with E-state index in [9.17, 15) is 0 Å². The Morgan fingerprint density at radius 2 is 1.89 bits per heavy atom. The average Bonchev–Trinajstić information content (AvgIpc) is 2.89. The molecule has 0 bridgehead atoms. The van der Waals surface area contributed by atoms with Crippen LogP contribution < -0.4 is 5.32 Å². The number of rotatable bonds is 3. The Kier molecular flexibility index (Phi) is 3.34. The second kappa shape index (κ2) is 5.29. The third-order valence-corrected chi connectivity index (χ3v) is 3.23. The fourth-order valence-electron chi connectivity index (χ4n) is 2.24. The predicted molar refractivity (Wildman–Crippen MR) is 69.5 cm³/mol. The fourth-order valence-corrected chi connectivity index (χ4v) is 2.24. The van der Waals surface area contributed by atoms with Crippen molar-refractivity contribution >= 4 is 0 Å². The summed E-state index contributed by atoms with van der Waals surface area (Å²) in [7, 11) is 0. The molecule has 1 aliphatic heterocycles. The summed E-state index contributed by atoms with van der Waals surface area (Å²) in [4.78, 5) is 2.40. The maximum atomic E-state index is 4.24. The van der Waals surface area contributed by atoms with Crippen LogP contribution in [-0.2, 0) is 6.54 Å². The van der Waals surface area contributed by atoms with Crippen molar-refractivity contribution < 1.29 is 0 Å². The van der Waals surface area contributed by atoms with Gasteiger partial charge in [0.25, 0.3) is 0 Å². The normalized spacial score (nSPS) is 16.9. The van der Waals surface area contributed by atoms with E-state index in [0.29, 0.717) is 0 Å². The smallest absolute Gasteiger partial charge is 0.151 e. The number of para-hydroxylation sites is 1. The second-order valence-electron chi connectivity index (χ2n) is 4.48. The zero-order valence-electron chi connectivity index (χ0n) is 10.3. The predicted octanol–water partition coefficient (Wildman–Crippen LogP) is 0.672. The van der Waals surface area contributed by atoms with E-state index in [1.165, 1.54) is 0 Å². The van der Waals surface area contributed by atoms with E-state index >= 15 is 0 Å². The Bertz CT molecular complexity index is 487. The highest BCUT2D eigenvalue weighted by Gasteiger charge is 2.14. The van der Waals surface area contributed by atoms with Crippen LogP contribution in [0, 0.1) is 0 Å². The van der Waals surface area contributed by atoms with Gasteiger partial charge in [0.05, 0.1) is 6.54 Å². The van der Waals surface area contributed by atoms with Gasteiger partial charge < -0.3 is 5.32 Å². The molecule has 1 fully saturated rings. The van der Waals surface area contributed by atoms with Gasteiger partial charge in [-0.05, 0) is 12.1 Å². The third-order valence-electron chi connectivity index (χ3n) is 3.23. The molecule has 5 heteroatoms. The zero-order chi connectivity index (χ0) is 12.2. The molecule has 2 heterocycles. The molecule has 18 heavy (non-hydrogen) atoms. The number of aromatic nitrogens is 3. The van der Waals surface area contributed by atoms with E-state index in [1.54, 1.807) is 6.33 Å². The summed E-state index contributed by atoms with van der Waals surface area (Å²) in [6.07, 6.45) is 1.78. The molecule has 94 valence electrons. The van der Waals surface area contributed by atoms with Crippen molar-refractivity contribution in [2.75, 3.05) is 26.2 Å². The molecule has 3 rings (SSSR count). The Labute approximate surface area is 106 Å². The van der Waals surface area contributed by atoms with Gasteiger partial charge in [-0.25, -0.2) is 0 Å². The molecule has 1 aliphatic rings. The van der Waals surface area contributed by atoms with Gasteiger partial charge in [-0.2, -0.15) is 0 Å². The Hall–Kier alpha value is -1.72. The second-order valence-corrected chi connectivity index (χ2v) is 4.48. The van der Waals surface area contributed by atoms with Gasteiger partial charge in [-0.3, -0.25) is 9.47 Å². The van der Waals surface area contributed by atoms with Crippen molar-refractivity contribution in [2.24, 2.45) is 0 Å². The maximum absolute atomic E-state index is 4.24. The lowest BCUT2D eigenvalue weighted by Crippen LogP contribution is -2.43. The molecule has 1 saturated heterocycles. The molecule has 5 nitrogen and oxygen atoms in total. The summed E-state index contributed by atoms with van der Waals surface area (Å²) in [5, 5.41) is 11.6. The summed E-state index contributed by atoms with van der Waals surface area (Å²) < 4.78 is 2.06. The number of nitrogens with zero attached hydrogens (tertiary/aromatic N) is 4. The van der Waals surface area contributed by atoms with Gasteiger partial charge in [-0.1, -0.05) is 18.2 Å². The van der Waals surface area contributed by atoms with Crippen molar-refractivity contribution in [3.8, 4) is 5.69 Å². The SMILES string of the molecule is c1ccc(-n2cnnc2CN2CCNCC2)cc1. The highest BCUT2D eigenvalue weighted by molar-refractivity contribution is 5.31. The molecule has 1 N–H and O–H groups in total. The van der Waals surface area contributed by atoms with Crippen LogP contribution in [0.1, 0.15) is 5.82 Å². The van der Waals surface area contributed by atoms with Crippen molar-refractivity contribution in [3.63, 3.8) is 0 Å². The number of hydrogen-bond donors (Lipinski definition) is 1. The van der Waals surface area contributed by atoms with Crippen LogP contribution in [0.3, 0.4) is 0 Å². The molecule has 0 aliphatic carbocycles. The third kappa shape index (κ3) is 2.42. The summed E-state index contributed by atoms with van der Waals surface area (Å²) >= 11 is 0. The van der Waals surface area contributed by atoms with E-state index in [2.05, 4.69) is 37.1 Å². The lowest BCUT2D eigenvalue weighted by atomic mass is 10.3. The van der Waals surface area contributed by atoms with Crippen LogP contribution in [0.15, 0.2) is 36.7 Å². The summed E-state index contributed by atoms with van der Waals surface area (Å²) in [5.74, 6) is 1.00. The van der Waals surface area contributed by atoms with E-state index < -0.39 is 0 Å². The van der Waals surface area contributed by atoms with Gasteiger partial charge in [0.1, 0.15) is 6.33 Å². The summed E-state index contributed by atoms with van der Waals surface area (Å²) in [6, 6.07) is 10.2. The van der Waals surface area contributed by atoms with Gasteiger partial charge in [0, 0.05) is 31.9 Å². The minimum atomic E-state index is 0.858. The first-order valence-electron chi connectivity index (χ1n) is 6.31. The minimum Gasteiger partial charge on any atom is -0.314 e. The van der Waals surface area contributed by atoms with Crippen molar-refractivity contribution in [1.29, 1.82) is 0 Å². The van der Waals surface area contributed by atoms with Gasteiger partial charge in [0.15, 0.2) is 5.82 Å². The highest BCUT2D eigenvalue weighted by Crippen LogP contribution is 2.10. The molecular weight excluding hydrogens is 226 g/mol. The van der Waals surface area contributed by atoms with Gasteiger partial charge >= 0.3 is 0 Å². The van der Waals surface area contributed by atoms with Crippen LogP contribution in [0.5, 0.6) is 0 Å². The number of hydrogen-bond acceptors (Lipinski definition) is 4. The first kappa shape index (κ1) is 11.4. The molecule has 0 spiro atoms. The number of piperazine rings is 1. The molecule has 0 amide bonds. The molecule has 0 saturated carbocycles. The molecule has 1 aromatic carbocycles. The van der Waals surface area contributed by atoms with Crippen molar-refractivity contribution in [3.05, 3.63) is 42.5 Å². The average molecular weight is 243 g/mol. The van der Waals surface area contributed by atoms with E-state index in [1.807, 2.05) is 18.2 Å². The number of benzene rings is 1. The summed E-state index contributed by atoms with van der Waals surface area (Å²) in [6.45, 7) is 5.11.